The number of nitrogens with one attached hydrogen (secondary N) is 1. The van der Waals surface area contributed by atoms with E-state index in [1.165, 1.54) is 0 Å². The van der Waals surface area contributed by atoms with Crippen molar-refractivity contribution in [3.63, 3.8) is 0 Å². The molecule has 13 heavy (non-hydrogen) atoms. The van der Waals surface area contributed by atoms with Crippen LogP contribution < -0.4 is 5.32 Å². The molecule has 0 atom stereocenters. The molecule has 0 saturated heterocycles. The first kappa shape index (κ1) is 12.2. The molecule has 0 aliphatic heterocycles. The molecule has 1 amide bonds. The SMILES string of the molecule is C=CCC(C)(C)C(=O)NC(C)(C)C. The van der Waals surface area contributed by atoms with E-state index in [9.17, 15) is 4.79 Å². The lowest BCUT2D eigenvalue weighted by Gasteiger charge is -2.28. The van der Waals surface area contributed by atoms with Crippen molar-refractivity contribution in [2.75, 3.05) is 0 Å². The number of rotatable bonds is 3. The lowest BCUT2D eigenvalue weighted by molar-refractivity contribution is -0.130. The molecule has 1 N–H and O–H groups in total. The number of carbonyl (C=O) groups is 1. The number of hydrogen-bond acceptors (Lipinski definition) is 1. The summed E-state index contributed by atoms with van der Waals surface area (Å²) < 4.78 is 0. The van der Waals surface area contributed by atoms with Crippen LogP contribution in [0.3, 0.4) is 0 Å². The van der Waals surface area contributed by atoms with Crippen molar-refractivity contribution in [3.05, 3.63) is 12.7 Å². The second kappa shape index (κ2) is 3.95. The molecule has 0 aliphatic carbocycles. The van der Waals surface area contributed by atoms with Crippen LogP contribution in [0.1, 0.15) is 41.0 Å². The summed E-state index contributed by atoms with van der Waals surface area (Å²) in [5, 5.41) is 2.96. The summed E-state index contributed by atoms with van der Waals surface area (Å²) >= 11 is 0. The van der Waals surface area contributed by atoms with Crippen molar-refractivity contribution in [1.82, 2.24) is 5.32 Å². The van der Waals surface area contributed by atoms with Crippen LogP contribution in [-0.4, -0.2) is 11.4 Å². The Kier molecular flexibility index (Phi) is 3.71. The second-order valence-electron chi connectivity index (χ2n) is 5.08. The fourth-order valence-electron chi connectivity index (χ4n) is 0.963. The summed E-state index contributed by atoms with van der Waals surface area (Å²) in [6.07, 6.45) is 2.48. The van der Waals surface area contributed by atoms with E-state index >= 15 is 0 Å². The normalized spacial score (nSPS) is 12.4. The summed E-state index contributed by atoms with van der Waals surface area (Å²) in [6, 6.07) is 0. The average molecular weight is 183 g/mol. The largest absolute Gasteiger partial charge is 0.351 e. The van der Waals surface area contributed by atoms with Crippen LogP contribution in [0, 0.1) is 5.41 Å². The highest BCUT2D eigenvalue weighted by Gasteiger charge is 2.28. The quantitative estimate of drug-likeness (QED) is 0.669. The zero-order valence-electron chi connectivity index (χ0n) is 9.40. The van der Waals surface area contributed by atoms with Gasteiger partial charge in [-0.05, 0) is 27.2 Å². The summed E-state index contributed by atoms with van der Waals surface area (Å²) in [6.45, 7) is 13.4. The molecule has 2 nitrogen and oxygen atoms in total. The van der Waals surface area contributed by atoms with Crippen LogP contribution in [0.15, 0.2) is 12.7 Å². The lowest BCUT2D eigenvalue weighted by Crippen LogP contribution is -2.46. The third kappa shape index (κ3) is 4.71. The molecule has 0 fully saturated rings. The van der Waals surface area contributed by atoms with E-state index in [0.29, 0.717) is 6.42 Å². The summed E-state index contributed by atoms with van der Waals surface area (Å²) in [4.78, 5) is 11.7. The van der Waals surface area contributed by atoms with Crippen LogP contribution in [0.4, 0.5) is 0 Å². The Morgan fingerprint density at radius 3 is 2.08 bits per heavy atom. The van der Waals surface area contributed by atoms with E-state index in [-0.39, 0.29) is 16.9 Å². The Morgan fingerprint density at radius 2 is 1.77 bits per heavy atom. The van der Waals surface area contributed by atoms with Gasteiger partial charge in [-0.15, -0.1) is 6.58 Å². The highest BCUT2D eigenvalue weighted by Crippen LogP contribution is 2.21. The predicted octanol–water partition coefficient (Wildman–Crippen LogP) is 2.50. The first-order chi connectivity index (χ1) is 5.69. The van der Waals surface area contributed by atoms with E-state index < -0.39 is 0 Å². The minimum Gasteiger partial charge on any atom is -0.351 e. The zero-order valence-corrected chi connectivity index (χ0v) is 9.40. The van der Waals surface area contributed by atoms with E-state index in [0.717, 1.165) is 0 Å². The highest BCUT2D eigenvalue weighted by molar-refractivity contribution is 5.82. The standard InChI is InChI=1S/C11H21NO/c1-7-8-11(5,6)9(13)12-10(2,3)4/h7H,1,8H2,2-6H3,(H,12,13). The predicted molar refractivity (Wildman–Crippen MR) is 56.5 cm³/mol. The Labute approximate surface area is 81.4 Å². The number of carbonyl (C=O) groups excluding carboxylic acids is 1. The maximum atomic E-state index is 11.7. The first-order valence-electron chi connectivity index (χ1n) is 4.62. The van der Waals surface area contributed by atoms with E-state index in [1.807, 2.05) is 34.6 Å². The van der Waals surface area contributed by atoms with Gasteiger partial charge in [-0.2, -0.15) is 0 Å². The molecular weight excluding hydrogens is 162 g/mol. The van der Waals surface area contributed by atoms with Crippen LogP contribution in [-0.2, 0) is 4.79 Å². The van der Waals surface area contributed by atoms with E-state index in [1.54, 1.807) is 6.08 Å². The zero-order chi connectivity index (χ0) is 10.7. The van der Waals surface area contributed by atoms with Gasteiger partial charge in [0.15, 0.2) is 0 Å². The van der Waals surface area contributed by atoms with Crippen molar-refractivity contribution in [2.45, 2.75) is 46.6 Å². The van der Waals surface area contributed by atoms with Crippen LogP contribution in [0.2, 0.25) is 0 Å². The maximum Gasteiger partial charge on any atom is 0.226 e. The summed E-state index contributed by atoms with van der Waals surface area (Å²) in [7, 11) is 0. The lowest BCUT2D eigenvalue weighted by atomic mass is 9.87. The van der Waals surface area contributed by atoms with Crippen LogP contribution >= 0.6 is 0 Å². The molecule has 0 bridgehead atoms. The van der Waals surface area contributed by atoms with Crippen LogP contribution in [0.25, 0.3) is 0 Å². The van der Waals surface area contributed by atoms with E-state index in [4.69, 9.17) is 0 Å². The highest BCUT2D eigenvalue weighted by atomic mass is 16.2. The molecule has 0 aliphatic rings. The van der Waals surface area contributed by atoms with E-state index in [2.05, 4.69) is 11.9 Å². The minimum atomic E-state index is -0.352. The van der Waals surface area contributed by atoms with Gasteiger partial charge >= 0.3 is 0 Å². The first-order valence-corrected chi connectivity index (χ1v) is 4.62. The van der Waals surface area contributed by atoms with Crippen LogP contribution in [0.5, 0.6) is 0 Å². The third-order valence-corrected chi connectivity index (χ3v) is 1.76. The van der Waals surface area contributed by atoms with Gasteiger partial charge in [0.1, 0.15) is 0 Å². The van der Waals surface area contributed by atoms with Gasteiger partial charge in [0, 0.05) is 11.0 Å². The van der Waals surface area contributed by atoms with Gasteiger partial charge in [-0.3, -0.25) is 4.79 Å². The van der Waals surface area contributed by atoms with Gasteiger partial charge in [0.2, 0.25) is 5.91 Å². The molecular formula is C11H21NO. The molecule has 0 spiro atoms. The van der Waals surface area contributed by atoms with Crippen molar-refractivity contribution in [2.24, 2.45) is 5.41 Å². The molecule has 0 aromatic carbocycles. The average Bonchev–Trinajstić information content (AvgIpc) is 1.82. The Bertz CT molecular complexity index is 199. The molecule has 2 heteroatoms. The van der Waals surface area contributed by atoms with Gasteiger partial charge in [0.05, 0.1) is 0 Å². The van der Waals surface area contributed by atoms with Gasteiger partial charge in [-0.1, -0.05) is 19.9 Å². The molecule has 0 rings (SSSR count). The smallest absolute Gasteiger partial charge is 0.226 e. The van der Waals surface area contributed by atoms with Gasteiger partial charge in [0.25, 0.3) is 0 Å². The topological polar surface area (TPSA) is 29.1 Å². The monoisotopic (exact) mass is 183 g/mol. The van der Waals surface area contributed by atoms with Gasteiger partial charge < -0.3 is 5.32 Å². The molecule has 76 valence electrons. The summed E-state index contributed by atoms with van der Waals surface area (Å²) in [5.74, 6) is 0.0832. The molecule has 0 aromatic heterocycles. The van der Waals surface area contributed by atoms with Crippen molar-refractivity contribution < 1.29 is 4.79 Å². The third-order valence-electron chi connectivity index (χ3n) is 1.76. The second-order valence-corrected chi connectivity index (χ2v) is 5.08. The van der Waals surface area contributed by atoms with Gasteiger partial charge in [-0.25, -0.2) is 0 Å². The fourth-order valence-corrected chi connectivity index (χ4v) is 0.963. The maximum absolute atomic E-state index is 11.7. The molecule has 0 heterocycles. The van der Waals surface area contributed by atoms with Crippen molar-refractivity contribution in [3.8, 4) is 0 Å². The molecule has 0 aromatic rings. The van der Waals surface area contributed by atoms with Crippen molar-refractivity contribution in [1.29, 1.82) is 0 Å². The number of allylic oxidation sites excluding steroid dienone is 1. The number of amides is 1. The Morgan fingerprint density at radius 1 is 1.31 bits per heavy atom. The Balaban J connectivity index is 4.33. The Hall–Kier alpha value is -0.790. The minimum absolute atomic E-state index is 0.0832. The molecule has 0 unspecified atom stereocenters. The molecule has 0 radical (unpaired) electrons. The molecule has 0 saturated carbocycles. The number of hydrogen-bond donors (Lipinski definition) is 1. The van der Waals surface area contributed by atoms with Crippen molar-refractivity contribution >= 4 is 5.91 Å². The fraction of sp³-hybridized carbons (Fsp3) is 0.727. The summed E-state index contributed by atoms with van der Waals surface area (Å²) in [5.41, 5.74) is -0.509.